The van der Waals surface area contributed by atoms with Gasteiger partial charge in [0, 0.05) is 0 Å². The summed E-state index contributed by atoms with van der Waals surface area (Å²) in [7, 11) is 0. The maximum Gasteiger partial charge on any atom is 0.213 e. The molecule has 1 atom stereocenters. The molecule has 1 unspecified atom stereocenters. The Labute approximate surface area is 141 Å². The first-order chi connectivity index (χ1) is 10.7. The average molecular weight is 338 g/mol. The van der Waals surface area contributed by atoms with Crippen molar-refractivity contribution in [2.24, 2.45) is 0 Å². The van der Waals surface area contributed by atoms with Crippen molar-refractivity contribution in [2.75, 3.05) is 5.75 Å². The van der Waals surface area contributed by atoms with E-state index in [-0.39, 0.29) is 6.10 Å². The van der Waals surface area contributed by atoms with Crippen LogP contribution in [0.15, 0.2) is 24.3 Å². The normalized spacial score (nSPS) is 12.3. The molecule has 0 aliphatic rings. The zero-order valence-electron chi connectivity index (χ0n) is 13.1. The minimum atomic E-state index is 0.262. The van der Waals surface area contributed by atoms with Gasteiger partial charge in [0.15, 0.2) is 0 Å². The summed E-state index contributed by atoms with van der Waals surface area (Å²) < 4.78 is 6.57. The van der Waals surface area contributed by atoms with Crippen LogP contribution in [0.1, 0.15) is 38.1 Å². The number of benzene rings is 1. The van der Waals surface area contributed by atoms with Gasteiger partial charge in [0.1, 0.15) is 11.6 Å². The van der Waals surface area contributed by atoms with E-state index in [1.807, 2.05) is 11.8 Å². The molecule has 1 aromatic carbocycles. The molecule has 0 bridgehead atoms. The van der Waals surface area contributed by atoms with Crippen molar-refractivity contribution in [3.63, 3.8) is 0 Å². The Hall–Kier alpha value is -1.27. The third-order valence-electron chi connectivity index (χ3n) is 3.46. The predicted molar refractivity (Wildman–Crippen MR) is 95.1 cm³/mol. The molecule has 1 aromatic heterocycles. The van der Waals surface area contributed by atoms with Crippen LogP contribution in [0.3, 0.4) is 0 Å². The van der Waals surface area contributed by atoms with Crippen molar-refractivity contribution >= 4 is 24.0 Å². The standard InChI is InChI=1S/C16H23N3OS2/c1-3-12-5-7-14(8-6-12)20-13(4-2)9-10-22-11-15-17-16(21)19-18-15/h5-8,13H,3-4,9-11H2,1-2H3,(H2,17,18,19,21). The van der Waals surface area contributed by atoms with Crippen molar-refractivity contribution in [2.45, 2.75) is 45.0 Å². The number of nitrogens with zero attached hydrogens (tertiary/aromatic N) is 1. The molecular weight excluding hydrogens is 314 g/mol. The maximum atomic E-state index is 6.06. The van der Waals surface area contributed by atoms with Crippen molar-refractivity contribution in [3.8, 4) is 5.75 Å². The Morgan fingerprint density at radius 3 is 2.59 bits per heavy atom. The van der Waals surface area contributed by atoms with E-state index in [0.717, 1.165) is 42.3 Å². The van der Waals surface area contributed by atoms with Gasteiger partial charge in [-0.2, -0.15) is 11.8 Å². The summed E-state index contributed by atoms with van der Waals surface area (Å²) in [5.74, 6) is 3.75. The highest BCUT2D eigenvalue weighted by Gasteiger charge is 2.08. The molecule has 1 heterocycles. The number of aromatic amines is 2. The molecule has 120 valence electrons. The van der Waals surface area contributed by atoms with Crippen LogP contribution in [0.5, 0.6) is 5.75 Å². The van der Waals surface area contributed by atoms with Crippen LogP contribution < -0.4 is 4.74 Å². The van der Waals surface area contributed by atoms with E-state index in [9.17, 15) is 0 Å². The number of rotatable bonds is 9. The van der Waals surface area contributed by atoms with Crippen LogP contribution in [0.2, 0.25) is 0 Å². The predicted octanol–water partition coefficient (Wildman–Crippen LogP) is 4.51. The van der Waals surface area contributed by atoms with Gasteiger partial charge in [0.25, 0.3) is 0 Å². The second-order valence-corrected chi connectivity index (χ2v) is 6.59. The lowest BCUT2D eigenvalue weighted by Gasteiger charge is -2.17. The lowest BCUT2D eigenvalue weighted by atomic mass is 10.1. The van der Waals surface area contributed by atoms with E-state index in [4.69, 9.17) is 17.0 Å². The van der Waals surface area contributed by atoms with Crippen LogP contribution in [0.4, 0.5) is 0 Å². The zero-order valence-corrected chi connectivity index (χ0v) is 14.7. The van der Waals surface area contributed by atoms with Gasteiger partial charge >= 0.3 is 0 Å². The first-order valence-corrected chi connectivity index (χ1v) is 9.24. The van der Waals surface area contributed by atoms with Gasteiger partial charge in [-0.15, -0.1) is 0 Å². The van der Waals surface area contributed by atoms with Gasteiger partial charge in [-0.25, -0.2) is 4.98 Å². The highest BCUT2D eigenvalue weighted by Crippen LogP contribution is 2.19. The highest BCUT2D eigenvalue weighted by molar-refractivity contribution is 7.98. The van der Waals surface area contributed by atoms with Gasteiger partial charge in [0.05, 0.1) is 11.9 Å². The minimum absolute atomic E-state index is 0.262. The summed E-state index contributed by atoms with van der Waals surface area (Å²) >= 11 is 6.78. The smallest absolute Gasteiger partial charge is 0.213 e. The van der Waals surface area contributed by atoms with Crippen LogP contribution in [0.25, 0.3) is 0 Å². The quantitative estimate of drug-likeness (QED) is 0.522. The van der Waals surface area contributed by atoms with Crippen LogP contribution in [-0.4, -0.2) is 27.0 Å². The summed E-state index contributed by atoms with van der Waals surface area (Å²) in [6.07, 6.45) is 3.37. The number of hydrogen-bond acceptors (Lipinski definition) is 4. The van der Waals surface area contributed by atoms with Gasteiger partial charge in [-0.1, -0.05) is 26.0 Å². The maximum absolute atomic E-state index is 6.06. The van der Waals surface area contributed by atoms with Crippen molar-refractivity contribution in [1.82, 2.24) is 15.2 Å². The zero-order chi connectivity index (χ0) is 15.8. The molecule has 0 aliphatic heterocycles. The Kier molecular flexibility index (Phi) is 6.99. The molecule has 2 N–H and O–H groups in total. The Balaban J connectivity index is 1.73. The monoisotopic (exact) mass is 337 g/mol. The molecule has 6 heteroatoms. The lowest BCUT2D eigenvalue weighted by Crippen LogP contribution is -2.16. The second kappa shape index (κ2) is 9.00. The SMILES string of the molecule is CCc1ccc(OC(CC)CCSCc2nc(=S)[nH][nH]2)cc1. The van der Waals surface area contributed by atoms with E-state index >= 15 is 0 Å². The fraction of sp³-hybridized carbons (Fsp3) is 0.500. The number of H-pyrrole nitrogens is 2. The van der Waals surface area contributed by atoms with E-state index in [1.165, 1.54) is 5.56 Å². The average Bonchev–Trinajstić information content (AvgIpc) is 2.96. The second-order valence-electron chi connectivity index (χ2n) is 5.10. The lowest BCUT2D eigenvalue weighted by molar-refractivity contribution is 0.194. The molecule has 22 heavy (non-hydrogen) atoms. The van der Waals surface area contributed by atoms with Crippen molar-refractivity contribution in [3.05, 3.63) is 40.4 Å². The molecule has 4 nitrogen and oxygen atoms in total. The first kappa shape index (κ1) is 17.1. The summed E-state index contributed by atoms with van der Waals surface area (Å²) in [5.41, 5.74) is 1.34. The largest absolute Gasteiger partial charge is 0.490 e. The van der Waals surface area contributed by atoms with Crippen LogP contribution in [-0.2, 0) is 12.2 Å². The molecule has 0 saturated carbocycles. The Bertz CT molecular complexity index is 606. The number of nitrogens with one attached hydrogen (secondary N) is 2. The van der Waals surface area contributed by atoms with Crippen LogP contribution in [0, 0.1) is 4.77 Å². The summed E-state index contributed by atoms with van der Waals surface area (Å²) in [4.78, 5) is 4.18. The number of aromatic nitrogens is 3. The van der Waals surface area contributed by atoms with E-state index in [1.54, 1.807) is 0 Å². The van der Waals surface area contributed by atoms with Gasteiger partial charge < -0.3 is 4.74 Å². The van der Waals surface area contributed by atoms with Crippen molar-refractivity contribution in [1.29, 1.82) is 0 Å². The third-order valence-corrected chi connectivity index (χ3v) is 4.66. The molecule has 0 spiro atoms. The van der Waals surface area contributed by atoms with E-state index < -0.39 is 0 Å². The molecule has 0 saturated heterocycles. The van der Waals surface area contributed by atoms with Crippen molar-refractivity contribution < 1.29 is 4.74 Å². The molecular formula is C16H23N3OS2. The first-order valence-electron chi connectivity index (χ1n) is 7.68. The van der Waals surface area contributed by atoms with Gasteiger partial charge in [-0.3, -0.25) is 10.2 Å². The summed E-state index contributed by atoms with van der Waals surface area (Å²) in [5, 5.41) is 5.78. The Morgan fingerprint density at radius 1 is 1.23 bits per heavy atom. The molecule has 0 amide bonds. The molecule has 2 aromatic rings. The minimum Gasteiger partial charge on any atom is -0.490 e. The number of ether oxygens (including phenoxy) is 1. The number of aryl methyl sites for hydroxylation is 1. The fourth-order valence-corrected chi connectivity index (χ4v) is 3.16. The summed E-state index contributed by atoms with van der Waals surface area (Å²) in [6.45, 7) is 4.33. The Morgan fingerprint density at radius 2 is 2.00 bits per heavy atom. The number of hydrogen-bond donors (Lipinski definition) is 2. The van der Waals surface area contributed by atoms with Crippen LogP contribution >= 0.6 is 24.0 Å². The van der Waals surface area contributed by atoms with Gasteiger partial charge in [-0.05, 0) is 54.9 Å². The third kappa shape index (κ3) is 5.50. The topological polar surface area (TPSA) is 53.7 Å². The molecule has 0 fully saturated rings. The van der Waals surface area contributed by atoms with E-state index in [2.05, 4.69) is 53.3 Å². The summed E-state index contributed by atoms with van der Waals surface area (Å²) in [6, 6.07) is 8.41. The fourth-order valence-electron chi connectivity index (χ4n) is 2.10. The van der Waals surface area contributed by atoms with Gasteiger partial charge in [0.2, 0.25) is 4.77 Å². The molecule has 0 radical (unpaired) electrons. The molecule has 0 aliphatic carbocycles. The molecule has 2 rings (SSSR count). The highest BCUT2D eigenvalue weighted by atomic mass is 32.2. The van der Waals surface area contributed by atoms with E-state index in [0.29, 0.717) is 4.77 Å². The number of thioether (sulfide) groups is 1.